The number of rotatable bonds is 5. The summed E-state index contributed by atoms with van der Waals surface area (Å²) in [4.78, 5) is 19.8. The van der Waals surface area contributed by atoms with Gasteiger partial charge in [0.25, 0.3) is 0 Å². The molecular formula is C8H16O5. The van der Waals surface area contributed by atoms with Gasteiger partial charge in [0.05, 0.1) is 0 Å². The fourth-order valence-corrected chi connectivity index (χ4v) is 0.552. The number of hydrogen-bond donors (Lipinski definition) is 2. The predicted octanol–water partition coefficient (Wildman–Crippen LogP) is 0.979. The van der Waals surface area contributed by atoms with Crippen molar-refractivity contribution in [1.82, 2.24) is 0 Å². The Bertz CT molecular complexity index is 127. The van der Waals surface area contributed by atoms with Crippen LogP contribution in [0.1, 0.15) is 25.7 Å². The van der Waals surface area contributed by atoms with Gasteiger partial charge in [0, 0.05) is 27.1 Å². The molecule has 0 atom stereocenters. The number of hydrogen-bond acceptors (Lipinski definition) is 3. The van der Waals surface area contributed by atoms with E-state index in [0.717, 1.165) is 0 Å². The second-order valence-corrected chi connectivity index (χ2v) is 2.40. The third-order valence-electron chi connectivity index (χ3n) is 1.03. The lowest BCUT2D eigenvalue weighted by atomic mass is 10.2. The summed E-state index contributed by atoms with van der Waals surface area (Å²) < 4.78 is 4.25. The van der Waals surface area contributed by atoms with E-state index in [1.54, 1.807) is 14.2 Å². The zero-order valence-corrected chi connectivity index (χ0v) is 7.95. The van der Waals surface area contributed by atoms with Crippen LogP contribution < -0.4 is 0 Å². The smallest absolute Gasteiger partial charge is 0.303 e. The Morgan fingerprint density at radius 3 is 1.38 bits per heavy atom. The molecule has 0 bridgehead atoms. The first kappa shape index (κ1) is 14.4. The van der Waals surface area contributed by atoms with Gasteiger partial charge in [-0.25, -0.2) is 0 Å². The van der Waals surface area contributed by atoms with Gasteiger partial charge in [-0.05, 0) is 12.8 Å². The molecule has 0 aliphatic heterocycles. The molecule has 0 aromatic rings. The van der Waals surface area contributed by atoms with E-state index in [2.05, 4.69) is 4.74 Å². The van der Waals surface area contributed by atoms with Gasteiger partial charge in [-0.2, -0.15) is 0 Å². The van der Waals surface area contributed by atoms with Gasteiger partial charge in [0.15, 0.2) is 0 Å². The van der Waals surface area contributed by atoms with Crippen molar-refractivity contribution in [2.45, 2.75) is 25.7 Å². The second-order valence-electron chi connectivity index (χ2n) is 2.40. The topological polar surface area (TPSA) is 83.8 Å². The summed E-state index contributed by atoms with van der Waals surface area (Å²) >= 11 is 0. The molecule has 0 fully saturated rings. The minimum Gasteiger partial charge on any atom is -0.481 e. The van der Waals surface area contributed by atoms with Crippen LogP contribution in [0.5, 0.6) is 0 Å². The normalized spacial score (nSPS) is 8.46. The molecule has 0 aliphatic carbocycles. The predicted molar refractivity (Wildman–Crippen MR) is 46.7 cm³/mol. The first-order valence-electron chi connectivity index (χ1n) is 3.88. The highest BCUT2D eigenvalue weighted by Gasteiger charge is 1.99. The van der Waals surface area contributed by atoms with E-state index >= 15 is 0 Å². The number of carboxylic acid groups (broad SMARTS) is 2. The highest BCUT2D eigenvalue weighted by atomic mass is 16.4. The molecule has 5 heteroatoms. The van der Waals surface area contributed by atoms with Gasteiger partial charge in [-0.1, -0.05) is 0 Å². The van der Waals surface area contributed by atoms with Crippen molar-refractivity contribution in [2.24, 2.45) is 0 Å². The van der Waals surface area contributed by atoms with E-state index in [9.17, 15) is 9.59 Å². The van der Waals surface area contributed by atoms with Gasteiger partial charge in [0.1, 0.15) is 0 Å². The van der Waals surface area contributed by atoms with Crippen molar-refractivity contribution in [2.75, 3.05) is 14.2 Å². The SMILES string of the molecule is COC.O=C(O)CCCCC(=O)O. The quantitative estimate of drug-likeness (QED) is 0.634. The molecular weight excluding hydrogens is 176 g/mol. The first-order valence-corrected chi connectivity index (χ1v) is 3.88. The van der Waals surface area contributed by atoms with Crippen molar-refractivity contribution in [3.8, 4) is 0 Å². The molecule has 0 aromatic heterocycles. The first-order chi connectivity index (χ1) is 6.04. The summed E-state index contributed by atoms with van der Waals surface area (Å²) in [7, 11) is 3.25. The van der Waals surface area contributed by atoms with Crippen molar-refractivity contribution in [3.63, 3.8) is 0 Å². The van der Waals surface area contributed by atoms with Crippen molar-refractivity contribution in [3.05, 3.63) is 0 Å². The van der Waals surface area contributed by atoms with E-state index in [-0.39, 0.29) is 12.8 Å². The number of ether oxygens (including phenoxy) is 1. The summed E-state index contributed by atoms with van der Waals surface area (Å²) in [6, 6.07) is 0. The van der Waals surface area contributed by atoms with Crippen LogP contribution in [0.4, 0.5) is 0 Å². The van der Waals surface area contributed by atoms with Crippen LogP contribution in [0.3, 0.4) is 0 Å². The summed E-state index contributed by atoms with van der Waals surface area (Å²) in [5.74, 6) is -1.74. The maximum Gasteiger partial charge on any atom is 0.303 e. The van der Waals surface area contributed by atoms with Crippen molar-refractivity contribution >= 4 is 11.9 Å². The van der Waals surface area contributed by atoms with Gasteiger partial charge < -0.3 is 14.9 Å². The minimum atomic E-state index is -0.870. The Morgan fingerprint density at radius 1 is 1.00 bits per heavy atom. The molecule has 0 radical (unpaired) electrons. The highest BCUT2D eigenvalue weighted by molar-refractivity contribution is 5.67. The Balaban J connectivity index is 0. The van der Waals surface area contributed by atoms with E-state index < -0.39 is 11.9 Å². The molecule has 5 nitrogen and oxygen atoms in total. The molecule has 0 spiro atoms. The molecule has 78 valence electrons. The fourth-order valence-electron chi connectivity index (χ4n) is 0.552. The molecule has 0 heterocycles. The van der Waals surface area contributed by atoms with E-state index in [1.165, 1.54) is 0 Å². The Hall–Kier alpha value is -1.10. The summed E-state index contributed by atoms with van der Waals surface area (Å²) in [5.41, 5.74) is 0. The monoisotopic (exact) mass is 192 g/mol. The molecule has 0 rings (SSSR count). The highest BCUT2D eigenvalue weighted by Crippen LogP contribution is 1.98. The maximum absolute atomic E-state index is 9.90. The lowest BCUT2D eigenvalue weighted by Crippen LogP contribution is -1.97. The van der Waals surface area contributed by atoms with E-state index in [1.807, 2.05) is 0 Å². The third kappa shape index (κ3) is 24.8. The van der Waals surface area contributed by atoms with Crippen LogP contribution in [0, 0.1) is 0 Å². The zero-order valence-electron chi connectivity index (χ0n) is 7.95. The maximum atomic E-state index is 9.90. The number of methoxy groups -OCH3 is 1. The summed E-state index contributed by atoms with van der Waals surface area (Å²) in [5, 5.41) is 16.3. The lowest BCUT2D eigenvalue weighted by Gasteiger charge is -1.92. The van der Waals surface area contributed by atoms with Crippen LogP contribution in [-0.4, -0.2) is 36.4 Å². The number of aliphatic carboxylic acids is 2. The number of unbranched alkanes of at least 4 members (excludes halogenated alkanes) is 1. The van der Waals surface area contributed by atoms with E-state index in [0.29, 0.717) is 12.8 Å². The van der Waals surface area contributed by atoms with Gasteiger partial charge in [-0.15, -0.1) is 0 Å². The molecule has 13 heavy (non-hydrogen) atoms. The van der Waals surface area contributed by atoms with Gasteiger partial charge >= 0.3 is 11.9 Å². The van der Waals surface area contributed by atoms with Crippen LogP contribution in [0.25, 0.3) is 0 Å². The molecule has 0 unspecified atom stereocenters. The number of carbonyl (C=O) groups is 2. The third-order valence-corrected chi connectivity index (χ3v) is 1.03. The van der Waals surface area contributed by atoms with Gasteiger partial charge in [0.2, 0.25) is 0 Å². The van der Waals surface area contributed by atoms with Crippen LogP contribution >= 0.6 is 0 Å². The summed E-state index contributed by atoms with van der Waals surface area (Å²) in [6.45, 7) is 0. The molecule has 0 saturated carbocycles. The van der Waals surface area contributed by atoms with E-state index in [4.69, 9.17) is 10.2 Å². The average molecular weight is 192 g/mol. The molecule has 0 aliphatic rings. The lowest BCUT2D eigenvalue weighted by molar-refractivity contribution is -0.139. The largest absolute Gasteiger partial charge is 0.481 e. The minimum absolute atomic E-state index is 0.0628. The fraction of sp³-hybridized carbons (Fsp3) is 0.750. The van der Waals surface area contributed by atoms with Gasteiger partial charge in [-0.3, -0.25) is 9.59 Å². The Labute approximate surface area is 77.3 Å². The molecule has 0 amide bonds. The molecule has 2 N–H and O–H groups in total. The van der Waals surface area contributed by atoms with Crippen molar-refractivity contribution in [1.29, 1.82) is 0 Å². The molecule has 0 saturated heterocycles. The zero-order chi connectivity index (χ0) is 10.7. The van der Waals surface area contributed by atoms with Crippen LogP contribution in [0.2, 0.25) is 0 Å². The van der Waals surface area contributed by atoms with Crippen LogP contribution in [0.15, 0.2) is 0 Å². The second kappa shape index (κ2) is 10.9. The summed E-state index contributed by atoms with van der Waals surface area (Å²) in [6.07, 6.45) is 1.02. The Morgan fingerprint density at radius 2 is 1.23 bits per heavy atom. The van der Waals surface area contributed by atoms with Crippen LogP contribution in [-0.2, 0) is 14.3 Å². The Kier molecular flexibility index (Phi) is 12.1. The molecule has 0 aromatic carbocycles. The number of carboxylic acids is 2. The van der Waals surface area contributed by atoms with Crippen molar-refractivity contribution < 1.29 is 24.5 Å². The average Bonchev–Trinajstić information content (AvgIpc) is 1.99. The standard InChI is InChI=1S/C6H10O4.C2H6O/c7-5(8)3-1-2-4-6(9)10;1-3-2/h1-4H2,(H,7,8)(H,9,10);1-2H3.